The molecule has 0 atom stereocenters. The summed E-state index contributed by atoms with van der Waals surface area (Å²) in [6.45, 7) is 15.4. The minimum absolute atomic E-state index is 0.0629. The molecule has 9 heteroatoms. The van der Waals surface area contributed by atoms with Crippen molar-refractivity contribution in [3.63, 3.8) is 0 Å². The molecule has 0 aromatic carbocycles. The molecular formula is C22H42O9. The highest BCUT2D eigenvalue weighted by Crippen LogP contribution is 2.22. The summed E-state index contributed by atoms with van der Waals surface area (Å²) in [5.41, 5.74) is -1.94. The van der Waals surface area contributed by atoms with E-state index in [1.165, 1.54) is 0 Å². The SMILES string of the molecule is CC(C)(CO)COC(=O)OCC(C)(C)COCC(C)(C)COC(=O)OCC(C)(C)CO. The van der Waals surface area contributed by atoms with Crippen molar-refractivity contribution in [3.8, 4) is 0 Å². The van der Waals surface area contributed by atoms with Crippen LogP contribution in [0.25, 0.3) is 0 Å². The van der Waals surface area contributed by atoms with Gasteiger partial charge in [-0.2, -0.15) is 0 Å². The second-order valence-electron chi connectivity index (χ2n) is 11.1. The van der Waals surface area contributed by atoms with Crippen molar-refractivity contribution in [1.82, 2.24) is 0 Å². The molecule has 0 fully saturated rings. The van der Waals surface area contributed by atoms with Gasteiger partial charge in [0.15, 0.2) is 0 Å². The molecule has 0 aliphatic carbocycles. The van der Waals surface area contributed by atoms with Crippen molar-refractivity contribution in [2.45, 2.75) is 55.4 Å². The molecule has 0 heterocycles. The van der Waals surface area contributed by atoms with E-state index in [9.17, 15) is 19.8 Å². The first kappa shape index (κ1) is 29.4. The van der Waals surface area contributed by atoms with Crippen LogP contribution in [0.2, 0.25) is 0 Å². The summed E-state index contributed by atoms with van der Waals surface area (Å²) in [5.74, 6) is 0. The van der Waals surface area contributed by atoms with Gasteiger partial charge in [0.2, 0.25) is 0 Å². The van der Waals surface area contributed by atoms with Gasteiger partial charge in [-0.1, -0.05) is 55.4 Å². The molecule has 0 aromatic heterocycles. The molecule has 0 rings (SSSR count). The van der Waals surface area contributed by atoms with Crippen LogP contribution in [0.3, 0.4) is 0 Å². The van der Waals surface area contributed by atoms with Crippen molar-refractivity contribution in [1.29, 1.82) is 0 Å². The van der Waals surface area contributed by atoms with Crippen molar-refractivity contribution in [2.24, 2.45) is 21.7 Å². The zero-order chi connectivity index (χ0) is 24.3. The highest BCUT2D eigenvalue weighted by molar-refractivity contribution is 5.60. The van der Waals surface area contributed by atoms with E-state index in [-0.39, 0.29) is 39.6 Å². The molecule has 0 aliphatic heterocycles. The molecule has 2 N–H and O–H groups in total. The molecule has 0 unspecified atom stereocenters. The zero-order valence-corrected chi connectivity index (χ0v) is 20.4. The first-order chi connectivity index (χ1) is 14.0. The fourth-order valence-corrected chi connectivity index (χ4v) is 1.88. The molecular weight excluding hydrogens is 408 g/mol. The molecule has 0 bridgehead atoms. The zero-order valence-electron chi connectivity index (χ0n) is 20.4. The quantitative estimate of drug-likeness (QED) is 0.384. The van der Waals surface area contributed by atoms with Gasteiger partial charge in [0.05, 0.1) is 26.4 Å². The van der Waals surface area contributed by atoms with E-state index in [2.05, 4.69) is 0 Å². The van der Waals surface area contributed by atoms with E-state index in [0.29, 0.717) is 13.2 Å². The molecule has 31 heavy (non-hydrogen) atoms. The highest BCUT2D eigenvalue weighted by atomic mass is 16.7. The van der Waals surface area contributed by atoms with Gasteiger partial charge >= 0.3 is 12.3 Å². The second-order valence-corrected chi connectivity index (χ2v) is 11.1. The monoisotopic (exact) mass is 450 g/mol. The Bertz CT molecular complexity index is 505. The van der Waals surface area contributed by atoms with E-state index in [0.717, 1.165) is 0 Å². The Morgan fingerprint density at radius 3 is 1.03 bits per heavy atom. The average Bonchev–Trinajstić information content (AvgIpc) is 2.67. The molecule has 0 amide bonds. The maximum atomic E-state index is 11.7. The molecule has 0 aliphatic rings. The Kier molecular flexibility index (Phi) is 11.8. The van der Waals surface area contributed by atoms with Gasteiger partial charge in [-0.25, -0.2) is 9.59 Å². The summed E-state index contributed by atoms with van der Waals surface area (Å²) in [5, 5.41) is 18.3. The smallest absolute Gasteiger partial charge is 0.434 e. The van der Waals surface area contributed by atoms with E-state index >= 15 is 0 Å². The van der Waals surface area contributed by atoms with E-state index in [1.807, 2.05) is 27.7 Å². The van der Waals surface area contributed by atoms with Crippen molar-refractivity contribution in [3.05, 3.63) is 0 Å². The summed E-state index contributed by atoms with van der Waals surface area (Å²) in [7, 11) is 0. The first-order valence-corrected chi connectivity index (χ1v) is 10.4. The Morgan fingerprint density at radius 1 is 0.516 bits per heavy atom. The Balaban J connectivity index is 4.21. The minimum atomic E-state index is -0.786. The maximum absolute atomic E-state index is 11.7. The van der Waals surface area contributed by atoms with Gasteiger partial charge in [0.25, 0.3) is 0 Å². The predicted molar refractivity (Wildman–Crippen MR) is 115 cm³/mol. The van der Waals surface area contributed by atoms with Crippen LogP contribution in [0, 0.1) is 21.7 Å². The van der Waals surface area contributed by atoms with Gasteiger partial charge < -0.3 is 33.9 Å². The summed E-state index contributed by atoms with van der Waals surface area (Å²) < 4.78 is 26.1. The van der Waals surface area contributed by atoms with Crippen molar-refractivity contribution >= 4 is 12.3 Å². The summed E-state index contributed by atoms with van der Waals surface area (Å²) >= 11 is 0. The van der Waals surface area contributed by atoms with Gasteiger partial charge in [0, 0.05) is 21.7 Å². The third-order valence-electron chi connectivity index (χ3n) is 4.16. The number of hydrogen-bond donors (Lipinski definition) is 2. The summed E-state index contributed by atoms with van der Waals surface area (Å²) in [6, 6.07) is 0. The van der Waals surface area contributed by atoms with Gasteiger partial charge in [-0.05, 0) is 0 Å². The molecule has 0 spiro atoms. The Hall–Kier alpha value is -1.58. The number of aliphatic hydroxyl groups excluding tert-OH is 2. The van der Waals surface area contributed by atoms with E-state index in [4.69, 9.17) is 23.7 Å². The fraction of sp³-hybridized carbons (Fsp3) is 0.909. The van der Waals surface area contributed by atoms with E-state index < -0.39 is 34.0 Å². The second kappa shape index (κ2) is 12.5. The fourth-order valence-electron chi connectivity index (χ4n) is 1.88. The topological polar surface area (TPSA) is 121 Å². The van der Waals surface area contributed by atoms with Crippen LogP contribution >= 0.6 is 0 Å². The average molecular weight is 451 g/mol. The lowest BCUT2D eigenvalue weighted by Gasteiger charge is -2.28. The summed E-state index contributed by atoms with van der Waals surface area (Å²) in [6.07, 6.45) is -1.57. The first-order valence-electron chi connectivity index (χ1n) is 10.4. The van der Waals surface area contributed by atoms with E-state index in [1.54, 1.807) is 27.7 Å². The molecule has 0 saturated carbocycles. The lowest BCUT2D eigenvalue weighted by Crippen LogP contribution is -2.33. The van der Waals surface area contributed by atoms with Crippen LogP contribution in [-0.4, -0.2) is 75.4 Å². The number of carbonyl (C=O) groups is 2. The Morgan fingerprint density at radius 2 is 0.774 bits per heavy atom. The summed E-state index contributed by atoms with van der Waals surface area (Å²) in [4.78, 5) is 23.5. The lowest BCUT2D eigenvalue weighted by atomic mass is 9.94. The molecule has 184 valence electrons. The molecule has 0 saturated heterocycles. The number of aliphatic hydroxyl groups is 2. The van der Waals surface area contributed by atoms with Crippen LogP contribution < -0.4 is 0 Å². The third-order valence-corrected chi connectivity index (χ3v) is 4.16. The normalized spacial score (nSPS) is 13.0. The third kappa shape index (κ3) is 15.0. The number of ether oxygens (including phenoxy) is 5. The van der Waals surface area contributed by atoms with Gasteiger partial charge in [-0.15, -0.1) is 0 Å². The van der Waals surface area contributed by atoms with Gasteiger partial charge in [0.1, 0.15) is 26.4 Å². The molecule has 0 radical (unpaired) electrons. The maximum Gasteiger partial charge on any atom is 0.508 e. The lowest BCUT2D eigenvalue weighted by molar-refractivity contribution is -0.0480. The Labute approximate surface area is 186 Å². The number of carbonyl (C=O) groups excluding carboxylic acids is 2. The number of hydrogen-bond acceptors (Lipinski definition) is 9. The van der Waals surface area contributed by atoms with Crippen LogP contribution in [0.1, 0.15) is 55.4 Å². The minimum Gasteiger partial charge on any atom is -0.434 e. The van der Waals surface area contributed by atoms with Crippen LogP contribution in [0.5, 0.6) is 0 Å². The molecule has 9 nitrogen and oxygen atoms in total. The van der Waals surface area contributed by atoms with Crippen LogP contribution in [-0.2, 0) is 23.7 Å². The van der Waals surface area contributed by atoms with Gasteiger partial charge in [-0.3, -0.25) is 0 Å². The van der Waals surface area contributed by atoms with Crippen LogP contribution in [0.15, 0.2) is 0 Å². The van der Waals surface area contributed by atoms with Crippen molar-refractivity contribution < 1.29 is 43.5 Å². The standard InChI is InChI=1S/C22H42O9/c1-19(2,9-23)13-28-17(25)30-15-21(5,6)11-27-12-22(7,8)16-31-18(26)29-14-20(3,4)10-24/h23-24H,9-16H2,1-8H3. The molecule has 0 aromatic rings. The highest BCUT2D eigenvalue weighted by Gasteiger charge is 2.27. The number of rotatable bonds is 14. The van der Waals surface area contributed by atoms with Crippen molar-refractivity contribution in [2.75, 3.05) is 52.9 Å². The predicted octanol–water partition coefficient (Wildman–Crippen LogP) is 3.40. The van der Waals surface area contributed by atoms with Crippen LogP contribution in [0.4, 0.5) is 9.59 Å². The largest absolute Gasteiger partial charge is 0.508 e.